The summed E-state index contributed by atoms with van der Waals surface area (Å²) < 4.78 is 15.1. The number of rotatable bonds is 2. The molecule has 0 N–H and O–H groups in total. The van der Waals surface area contributed by atoms with E-state index in [9.17, 15) is 4.39 Å². The highest BCUT2D eigenvalue weighted by Gasteiger charge is 2.07. The molecular weight excluding hydrogens is 245 g/mol. The Bertz CT molecular complexity index is 668. The summed E-state index contributed by atoms with van der Waals surface area (Å²) in [6.45, 7) is 0. The Balaban J connectivity index is 2.01. The SMILES string of the molecule is F/C(=C/c1ccccc1)c1nc2ccccc2s1. The topological polar surface area (TPSA) is 12.9 Å². The number of hydrogen-bond acceptors (Lipinski definition) is 2. The lowest BCUT2D eigenvalue weighted by molar-refractivity contribution is 0.764. The predicted molar refractivity (Wildman–Crippen MR) is 75.0 cm³/mol. The molecule has 0 fully saturated rings. The van der Waals surface area contributed by atoms with Gasteiger partial charge >= 0.3 is 0 Å². The highest BCUT2D eigenvalue weighted by Crippen LogP contribution is 2.28. The van der Waals surface area contributed by atoms with Crippen LogP contribution in [0.2, 0.25) is 0 Å². The molecule has 2 aromatic carbocycles. The molecule has 3 aromatic rings. The van der Waals surface area contributed by atoms with Crippen molar-refractivity contribution in [1.82, 2.24) is 4.98 Å². The van der Waals surface area contributed by atoms with Crippen LogP contribution in [0.4, 0.5) is 4.39 Å². The van der Waals surface area contributed by atoms with Crippen molar-refractivity contribution >= 4 is 33.5 Å². The fraction of sp³-hybridized carbons (Fsp3) is 0. The number of nitrogens with zero attached hydrogens (tertiary/aromatic N) is 1. The summed E-state index contributed by atoms with van der Waals surface area (Å²) in [6.07, 6.45) is 1.51. The van der Waals surface area contributed by atoms with Crippen LogP contribution >= 0.6 is 11.3 Å². The first-order valence-electron chi connectivity index (χ1n) is 5.61. The third-order valence-electron chi connectivity index (χ3n) is 2.59. The molecule has 18 heavy (non-hydrogen) atoms. The van der Waals surface area contributed by atoms with E-state index >= 15 is 0 Å². The van der Waals surface area contributed by atoms with Gasteiger partial charge in [-0.3, -0.25) is 0 Å². The van der Waals surface area contributed by atoms with E-state index in [1.807, 2.05) is 54.6 Å². The molecule has 1 heterocycles. The van der Waals surface area contributed by atoms with E-state index in [0.717, 1.165) is 15.8 Å². The molecule has 1 nitrogen and oxygen atoms in total. The molecular formula is C15H10FNS. The smallest absolute Gasteiger partial charge is 0.159 e. The fourth-order valence-corrected chi connectivity index (χ4v) is 2.61. The summed E-state index contributed by atoms with van der Waals surface area (Å²) in [6, 6.07) is 17.1. The van der Waals surface area contributed by atoms with E-state index in [1.165, 1.54) is 17.4 Å². The van der Waals surface area contributed by atoms with Crippen LogP contribution in [0, 0.1) is 0 Å². The minimum atomic E-state index is -0.289. The zero-order chi connectivity index (χ0) is 12.4. The Morgan fingerprint density at radius 3 is 2.50 bits per heavy atom. The summed E-state index contributed by atoms with van der Waals surface area (Å²) in [5.41, 5.74) is 1.68. The van der Waals surface area contributed by atoms with Gasteiger partial charge in [0.25, 0.3) is 0 Å². The maximum atomic E-state index is 14.1. The molecule has 0 saturated heterocycles. The maximum Gasteiger partial charge on any atom is 0.159 e. The summed E-state index contributed by atoms with van der Waals surface area (Å²) in [7, 11) is 0. The van der Waals surface area contributed by atoms with E-state index in [1.54, 1.807) is 0 Å². The normalized spacial score (nSPS) is 11.9. The Kier molecular flexibility index (Phi) is 2.90. The molecule has 88 valence electrons. The van der Waals surface area contributed by atoms with Gasteiger partial charge < -0.3 is 0 Å². The minimum absolute atomic E-state index is 0.289. The van der Waals surface area contributed by atoms with Crippen molar-refractivity contribution in [2.75, 3.05) is 0 Å². The van der Waals surface area contributed by atoms with E-state index in [-0.39, 0.29) is 5.83 Å². The minimum Gasteiger partial charge on any atom is -0.234 e. The van der Waals surface area contributed by atoms with Crippen LogP contribution in [0.1, 0.15) is 10.6 Å². The number of benzene rings is 2. The van der Waals surface area contributed by atoms with Crippen molar-refractivity contribution in [3.05, 3.63) is 65.2 Å². The largest absolute Gasteiger partial charge is 0.234 e. The van der Waals surface area contributed by atoms with Crippen LogP contribution in [-0.4, -0.2) is 4.98 Å². The standard InChI is InChI=1S/C15H10FNS/c16-12(10-11-6-2-1-3-7-11)15-17-13-8-4-5-9-14(13)18-15/h1-10H/b12-10+. The molecule has 0 bridgehead atoms. The summed E-state index contributed by atoms with van der Waals surface area (Å²) in [4.78, 5) is 4.28. The maximum absolute atomic E-state index is 14.1. The van der Waals surface area contributed by atoms with Crippen LogP contribution in [0.3, 0.4) is 0 Å². The summed E-state index contributed by atoms with van der Waals surface area (Å²) >= 11 is 1.37. The van der Waals surface area contributed by atoms with Crippen LogP contribution in [0.15, 0.2) is 54.6 Å². The molecule has 0 aliphatic heterocycles. The first kappa shape index (κ1) is 11.1. The molecule has 0 saturated carbocycles. The second kappa shape index (κ2) is 4.70. The summed E-state index contributed by atoms with van der Waals surface area (Å²) in [5.74, 6) is -0.289. The number of aromatic nitrogens is 1. The second-order valence-electron chi connectivity index (χ2n) is 3.89. The molecule has 0 amide bonds. The van der Waals surface area contributed by atoms with Gasteiger partial charge in [-0.2, -0.15) is 0 Å². The molecule has 0 aliphatic carbocycles. The van der Waals surface area contributed by atoms with Crippen molar-refractivity contribution in [1.29, 1.82) is 0 Å². The first-order chi connectivity index (χ1) is 8.83. The number of hydrogen-bond donors (Lipinski definition) is 0. The van der Waals surface area contributed by atoms with Gasteiger partial charge in [0.05, 0.1) is 10.2 Å². The Hall–Kier alpha value is -2.00. The number of thiazole rings is 1. The van der Waals surface area contributed by atoms with Gasteiger partial charge in [0.1, 0.15) is 0 Å². The molecule has 0 unspecified atom stereocenters. The average molecular weight is 255 g/mol. The first-order valence-corrected chi connectivity index (χ1v) is 6.43. The van der Waals surface area contributed by atoms with Gasteiger partial charge in [-0.25, -0.2) is 9.37 Å². The van der Waals surface area contributed by atoms with Gasteiger partial charge in [-0.15, -0.1) is 11.3 Å². The van der Waals surface area contributed by atoms with Crippen LogP contribution in [0.5, 0.6) is 0 Å². The van der Waals surface area contributed by atoms with Crippen LogP contribution < -0.4 is 0 Å². The number of halogens is 1. The van der Waals surface area contributed by atoms with Gasteiger partial charge in [-0.1, -0.05) is 42.5 Å². The molecule has 0 atom stereocenters. The van der Waals surface area contributed by atoms with Crippen molar-refractivity contribution in [3.63, 3.8) is 0 Å². The van der Waals surface area contributed by atoms with Crippen molar-refractivity contribution in [3.8, 4) is 0 Å². The quantitative estimate of drug-likeness (QED) is 0.643. The second-order valence-corrected chi connectivity index (χ2v) is 4.92. The van der Waals surface area contributed by atoms with E-state index in [2.05, 4.69) is 4.98 Å². The molecule has 0 aliphatic rings. The highest BCUT2D eigenvalue weighted by atomic mass is 32.1. The average Bonchev–Trinajstić information content (AvgIpc) is 2.84. The fourth-order valence-electron chi connectivity index (χ4n) is 1.73. The third-order valence-corrected chi connectivity index (χ3v) is 3.64. The third kappa shape index (κ3) is 2.17. The van der Waals surface area contributed by atoms with Gasteiger partial charge in [0.15, 0.2) is 10.8 Å². The highest BCUT2D eigenvalue weighted by molar-refractivity contribution is 7.19. The molecule has 3 rings (SSSR count). The van der Waals surface area contributed by atoms with E-state index in [4.69, 9.17) is 0 Å². The Morgan fingerprint density at radius 2 is 1.72 bits per heavy atom. The Labute approximate surface area is 108 Å². The van der Waals surface area contributed by atoms with Crippen LogP contribution in [-0.2, 0) is 0 Å². The lowest BCUT2D eigenvalue weighted by Crippen LogP contribution is -1.76. The van der Waals surface area contributed by atoms with Gasteiger partial charge in [0, 0.05) is 0 Å². The Morgan fingerprint density at radius 1 is 1.00 bits per heavy atom. The molecule has 0 spiro atoms. The molecule has 1 aromatic heterocycles. The van der Waals surface area contributed by atoms with Crippen molar-refractivity contribution in [2.24, 2.45) is 0 Å². The number of para-hydroxylation sites is 1. The molecule has 0 radical (unpaired) electrons. The predicted octanol–water partition coefficient (Wildman–Crippen LogP) is 4.76. The lowest BCUT2D eigenvalue weighted by Gasteiger charge is -1.93. The molecule has 3 heteroatoms. The monoisotopic (exact) mass is 255 g/mol. The number of fused-ring (bicyclic) bond motifs is 1. The van der Waals surface area contributed by atoms with Crippen LogP contribution in [0.25, 0.3) is 22.1 Å². The van der Waals surface area contributed by atoms with Crippen molar-refractivity contribution < 1.29 is 4.39 Å². The zero-order valence-electron chi connectivity index (χ0n) is 9.51. The van der Waals surface area contributed by atoms with Gasteiger partial charge in [-0.05, 0) is 23.8 Å². The van der Waals surface area contributed by atoms with E-state index < -0.39 is 0 Å². The lowest BCUT2D eigenvalue weighted by atomic mass is 10.2. The van der Waals surface area contributed by atoms with Gasteiger partial charge in [0.2, 0.25) is 0 Å². The van der Waals surface area contributed by atoms with Crippen molar-refractivity contribution in [2.45, 2.75) is 0 Å². The zero-order valence-corrected chi connectivity index (χ0v) is 10.3. The van der Waals surface area contributed by atoms with E-state index in [0.29, 0.717) is 5.01 Å². The summed E-state index contributed by atoms with van der Waals surface area (Å²) in [5, 5.41) is 0.431.